The van der Waals surface area contributed by atoms with Crippen LogP contribution in [0.2, 0.25) is 0 Å². The fraction of sp³-hybridized carbons (Fsp3) is 0.421. The highest BCUT2D eigenvalue weighted by Crippen LogP contribution is 2.33. The minimum atomic E-state index is -0.787. The van der Waals surface area contributed by atoms with Gasteiger partial charge in [0, 0.05) is 13.0 Å². The molecule has 1 heterocycles. The van der Waals surface area contributed by atoms with Crippen LogP contribution >= 0.6 is 24.0 Å². The lowest BCUT2D eigenvalue weighted by Gasteiger charge is -2.13. The number of ether oxygens (including phenoxy) is 1. The maximum absolute atomic E-state index is 12.5. The highest BCUT2D eigenvalue weighted by Gasteiger charge is 2.31. The third-order valence-electron chi connectivity index (χ3n) is 3.80. The van der Waals surface area contributed by atoms with Gasteiger partial charge in [0.2, 0.25) is 0 Å². The van der Waals surface area contributed by atoms with Crippen LogP contribution in [0.1, 0.15) is 44.6 Å². The SMILES string of the molecule is CCCOc1ccc(/C=C2\SC(=S)N(CCCCCC(=O)O)C2=O)cc1. The number of rotatable bonds is 10. The fourth-order valence-electron chi connectivity index (χ4n) is 2.45. The van der Waals surface area contributed by atoms with Gasteiger partial charge >= 0.3 is 5.97 Å². The number of carboxylic acids is 1. The number of thiocarbonyl (C=S) groups is 1. The van der Waals surface area contributed by atoms with Crippen molar-refractivity contribution in [3.63, 3.8) is 0 Å². The standard InChI is InChI=1S/C19H23NO4S2/c1-2-12-24-15-9-7-14(8-10-15)13-16-18(23)20(19(25)26-16)11-5-3-4-6-17(21)22/h7-10,13H,2-6,11-12H2,1H3,(H,21,22)/b16-13-. The second kappa shape index (κ2) is 10.3. The van der Waals surface area contributed by atoms with Gasteiger partial charge in [-0.05, 0) is 43.0 Å². The van der Waals surface area contributed by atoms with E-state index in [1.165, 1.54) is 11.8 Å². The Kier molecular flexibility index (Phi) is 8.12. The van der Waals surface area contributed by atoms with Crippen LogP contribution in [-0.4, -0.2) is 39.4 Å². The summed E-state index contributed by atoms with van der Waals surface area (Å²) in [4.78, 5) is 25.3. The largest absolute Gasteiger partial charge is 0.494 e. The molecule has 5 nitrogen and oxygen atoms in total. The molecule has 1 aliphatic rings. The molecule has 26 heavy (non-hydrogen) atoms. The van der Waals surface area contributed by atoms with Crippen molar-refractivity contribution in [2.24, 2.45) is 0 Å². The van der Waals surface area contributed by atoms with Gasteiger partial charge in [-0.15, -0.1) is 0 Å². The van der Waals surface area contributed by atoms with E-state index in [-0.39, 0.29) is 12.3 Å². The number of aliphatic carboxylic acids is 1. The minimum absolute atomic E-state index is 0.0791. The van der Waals surface area contributed by atoms with Crippen molar-refractivity contribution in [2.75, 3.05) is 13.2 Å². The van der Waals surface area contributed by atoms with Crippen LogP contribution in [0.25, 0.3) is 6.08 Å². The Morgan fingerprint density at radius 3 is 2.65 bits per heavy atom. The molecule has 7 heteroatoms. The van der Waals surface area contributed by atoms with Gasteiger partial charge in [-0.2, -0.15) is 0 Å². The second-order valence-electron chi connectivity index (χ2n) is 5.96. The van der Waals surface area contributed by atoms with E-state index >= 15 is 0 Å². The number of benzene rings is 1. The summed E-state index contributed by atoms with van der Waals surface area (Å²) in [5.74, 6) is -0.0490. The van der Waals surface area contributed by atoms with E-state index in [0.29, 0.717) is 28.8 Å². The first-order chi connectivity index (χ1) is 12.5. The van der Waals surface area contributed by atoms with E-state index in [2.05, 4.69) is 6.92 Å². The van der Waals surface area contributed by atoms with Crippen molar-refractivity contribution in [2.45, 2.75) is 39.0 Å². The first kappa shape index (κ1) is 20.5. The van der Waals surface area contributed by atoms with Gasteiger partial charge in [-0.3, -0.25) is 14.5 Å². The summed E-state index contributed by atoms with van der Waals surface area (Å²) >= 11 is 6.62. The first-order valence-electron chi connectivity index (χ1n) is 8.71. The summed E-state index contributed by atoms with van der Waals surface area (Å²) in [7, 11) is 0. The van der Waals surface area contributed by atoms with E-state index in [0.717, 1.165) is 30.6 Å². The van der Waals surface area contributed by atoms with Crippen LogP contribution in [0, 0.1) is 0 Å². The number of carbonyl (C=O) groups excluding carboxylic acids is 1. The first-order valence-corrected chi connectivity index (χ1v) is 9.93. The van der Waals surface area contributed by atoms with Crippen molar-refractivity contribution in [1.29, 1.82) is 0 Å². The minimum Gasteiger partial charge on any atom is -0.494 e. The van der Waals surface area contributed by atoms with Crippen molar-refractivity contribution >= 4 is 46.3 Å². The smallest absolute Gasteiger partial charge is 0.303 e. The predicted molar refractivity (Wildman–Crippen MR) is 108 cm³/mol. The van der Waals surface area contributed by atoms with Crippen LogP contribution in [0.4, 0.5) is 0 Å². The van der Waals surface area contributed by atoms with Crippen LogP contribution in [0.5, 0.6) is 5.75 Å². The van der Waals surface area contributed by atoms with Gasteiger partial charge in [0.1, 0.15) is 10.1 Å². The molecule has 1 saturated heterocycles. The van der Waals surface area contributed by atoms with E-state index in [9.17, 15) is 9.59 Å². The third kappa shape index (κ3) is 6.14. The number of unbranched alkanes of at least 4 members (excludes halogenated alkanes) is 2. The van der Waals surface area contributed by atoms with Gasteiger partial charge in [0.25, 0.3) is 5.91 Å². The van der Waals surface area contributed by atoms with Crippen molar-refractivity contribution < 1.29 is 19.4 Å². The van der Waals surface area contributed by atoms with Gasteiger partial charge in [-0.1, -0.05) is 49.5 Å². The monoisotopic (exact) mass is 393 g/mol. The zero-order valence-electron chi connectivity index (χ0n) is 14.8. The topological polar surface area (TPSA) is 66.8 Å². The van der Waals surface area contributed by atoms with E-state index in [1.54, 1.807) is 4.90 Å². The molecular formula is C19H23NO4S2. The number of hydrogen-bond acceptors (Lipinski definition) is 5. The molecule has 1 fully saturated rings. The second-order valence-corrected chi connectivity index (χ2v) is 7.63. The zero-order chi connectivity index (χ0) is 18.9. The zero-order valence-corrected chi connectivity index (χ0v) is 16.4. The number of thioether (sulfide) groups is 1. The summed E-state index contributed by atoms with van der Waals surface area (Å²) in [5, 5.41) is 8.64. The van der Waals surface area contributed by atoms with Crippen molar-refractivity contribution in [3.05, 3.63) is 34.7 Å². The molecule has 0 radical (unpaired) electrons. The molecule has 1 aromatic rings. The quantitative estimate of drug-likeness (QED) is 0.363. The summed E-state index contributed by atoms with van der Waals surface area (Å²) in [6, 6.07) is 7.63. The number of hydrogen-bond donors (Lipinski definition) is 1. The Morgan fingerprint density at radius 2 is 2.00 bits per heavy atom. The van der Waals surface area contributed by atoms with Gasteiger partial charge in [-0.25, -0.2) is 0 Å². The van der Waals surface area contributed by atoms with Crippen LogP contribution < -0.4 is 4.74 Å². The Balaban J connectivity index is 1.90. The Labute approximate surface area is 163 Å². The lowest BCUT2D eigenvalue weighted by Crippen LogP contribution is -2.29. The normalized spacial score (nSPS) is 15.7. The van der Waals surface area contributed by atoms with E-state index in [1.807, 2.05) is 30.3 Å². The Hall–Kier alpha value is -1.86. The van der Waals surface area contributed by atoms with E-state index < -0.39 is 5.97 Å². The number of carbonyl (C=O) groups is 2. The Bertz CT molecular complexity index is 685. The van der Waals surface area contributed by atoms with Crippen LogP contribution in [0.3, 0.4) is 0 Å². The molecule has 1 aliphatic heterocycles. The van der Waals surface area contributed by atoms with Gasteiger partial charge in [0.05, 0.1) is 11.5 Å². The molecule has 1 amide bonds. The lowest BCUT2D eigenvalue weighted by atomic mass is 10.2. The average molecular weight is 394 g/mol. The molecule has 0 unspecified atom stereocenters. The highest BCUT2D eigenvalue weighted by molar-refractivity contribution is 8.26. The maximum Gasteiger partial charge on any atom is 0.303 e. The summed E-state index contributed by atoms with van der Waals surface area (Å²) in [6.07, 6.45) is 5.09. The fourth-order valence-corrected chi connectivity index (χ4v) is 3.76. The number of carboxylic acid groups (broad SMARTS) is 1. The maximum atomic E-state index is 12.5. The van der Waals surface area contributed by atoms with Gasteiger partial charge in [0.15, 0.2) is 0 Å². The van der Waals surface area contributed by atoms with Crippen LogP contribution in [-0.2, 0) is 9.59 Å². The molecule has 1 aromatic carbocycles. The Morgan fingerprint density at radius 1 is 1.27 bits per heavy atom. The summed E-state index contributed by atoms with van der Waals surface area (Å²) < 4.78 is 6.11. The molecule has 0 bridgehead atoms. The number of amides is 1. The average Bonchev–Trinajstić information content (AvgIpc) is 2.87. The molecule has 0 spiro atoms. The van der Waals surface area contributed by atoms with E-state index in [4.69, 9.17) is 22.1 Å². The molecule has 1 N–H and O–H groups in total. The molecule has 0 saturated carbocycles. The van der Waals surface area contributed by atoms with Crippen molar-refractivity contribution in [1.82, 2.24) is 4.90 Å². The molecule has 2 rings (SSSR count). The highest BCUT2D eigenvalue weighted by atomic mass is 32.2. The lowest BCUT2D eigenvalue weighted by molar-refractivity contribution is -0.137. The molecule has 140 valence electrons. The number of nitrogens with zero attached hydrogens (tertiary/aromatic N) is 1. The molecule has 0 aromatic heterocycles. The third-order valence-corrected chi connectivity index (χ3v) is 5.17. The molecular weight excluding hydrogens is 370 g/mol. The van der Waals surface area contributed by atoms with Crippen molar-refractivity contribution in [3.8, 4) is 5.75 Å². The molecule has 0 aliphatic carbocycles. The summed E-state index contributed by atoms with van der Waals surface area (Å²) in [5.41, 5.74) is 0.927. The van der Waals surface area contributed by atoms with Gasteiger partial charge < -0.3 is 9.84 Å². The summed E-state index contributed by atoms with van der Waals surface area (Å²) in [6.45, 7) is 3.28. The van der Waals surface area contributed by atoms with Crippen LogP contribution in [0.15, 0.2) is 29.2 Å². The predicted octanol–water partition coefficient (Wildman–Crippen LogP) is 4.32. The molecule has 0 atom stereocenters.